The molecule has 3 nitrogen and oxygen atoms in total. The number of aromatic hydroxyl groups is 1. The van der Waals surface area contributed by atoms with Gasteiger partial charge in [-0.3, -0.25) is 0 Å². The van der Waals surface area contributed by atoms with Crippen molar-refractivity contribution in [1.82, 2.24) is 0 Å². The first-order valence-electron chi connectivity index (χ1n) is 5.75. The van der Waals surface area contributed by atoms with Crippen LogP contribution in [0, 0.1) is 0 Å². The average molecular weight is 333 g/mol. The zero-order valence-electron chi connectivity index (χ0n) is 10.6. The topological polar surface area (TPSA) is 41.5 Å². The molecule has 0 saturated heterocycles. The highest BCUT2D eigenvalue weighted by Gasteiger charge is 2.09. The smallest absolute Gasteiger partial charge is 0.124 e. The third-order valence-electron chi connectivity index (χ3n) is 2.75. The van der Waals surface area contributed by atoms with Gasteiger partial charge in [-0.25, -0.2) is 0 Å². The summed E-state index contributed by atoms with van der Waals surface area (Å²) in [6, 6.07) is 8.28. The monoisotopic (exact) mass is 331 g/mol. The van der Waals surface area contributed by atoms with Gasteiger partial charge in [0.2, 0.25) is 0 Å². The molecule has 0 aliphatic carbocycles. The van der Waals surface area contributed by atoms with E-state index in [-0.39, 0.29) is 5.75 Å². The second-order valence-electron chi connectivity index (χ2n) is 4.09. The van der Waals surface area contributed by atoms with Gasteiger partial charge in [0.1, 0.15) is 11.5 Å². The predicted molar refractivity (Wildman–Crippen MR) is 83.5 cm³/mol. The molecular formula is C14H12Cl3NO2. The van der Waals surface area contributed by atoms with Crippen molar-refractivity contribution in [1.29, 1.82) is 0 Å². The minimum Gasteiger partial charge on any atom is -0.507 e. The number of ether oxygens (including phenoxy) is 1. The molecule has 0 aromatic heterocycles. The second kappa shape index (κ2) is 6.44. The predicted octanol–water partition coefficient (Wildman–Crippen LogP) is 4.97. The summed E-state index contributed by atoms with van der Waals surface area (Å²) in [6.07, 6.45) is 0. The summed E-state index contributed by atoms with van der Waals surface area (Å²) in [4.78, 5) is 0. The first kappa shape index (κ1) is 15.1. The molecule has 0 heterocycles. The Balaban J connectivity index is 2.17. The average Bonchev–Trinajstić information content (AvgIpc) is 2.39. The van der Waals surface area contributed by atoms with E-state index in [1.165, 1.54) is 0 Å². The van der Waals surface area contributed by atoms with Gasteiger partial charge in [0, 0.05) is 23.2 Å². The molecule has 20 heavy (non-hydrogen) atoms. The molecule has 0 bridgehead atoms. The Kier molecular flexibility index (Phi) is 4.86. The van der Waals surface area contributed by atoms with E-state index in [0.29, 0.717) is 38.6 Å². The maximum Gasteiger partial charge on any atom is 0.124 e. The first-order chi connectivity index (χ1) is 9.51. The molecular weight excluding hydrogens is 321 g/mol. The van der Waals surface area contributed by atoms with Gasteiger partial charge in [-0.2, -0.15) is 0 Å². The van der Waals surface area contributed by atoms with Gasteiger partial charge in [0.05, 0.1) is 22.8 Å². The molecule has 0 aliphatic rings. The number of halogens is 3. The molecule has 0 spiro atoms. The Morgan fingerprint density at radius 2 is 1.75 bits per heavy atom. The van der Waals surface area contributed by atoms with E-state index < -0.39 is 0 Å². The van der Waals surface area contributed by atoms with E-state index in [2.05, 4.69) is 5.32 Å². The Morgan fingerprint density at radius 3 is 2.30 bits per heavy atom. The van der Waals surface area contributed by atoms with Gasteiger partial charge >= 0.3 is 0 Å². The Hall–Kier alpha value is -1.29. The number of phenols is 1. The number of hydrogen-bond donors (Lipinski definition) is 2. The third kappa shape index (κ3) is 3.42. The number of rotatable bonds is 4. The molecule has 106 valence electrons. The molecule has 0 fully saturated rings. The number of nitrogens with one attached hydrogen (secondary N) is 1. The van der Waals surface area contributed by atoms with Crippen LogP contribution in [0.1, 0.15) is 5.56 Å². The summed E-state index contributed by atoms with van der Waals surface area (Å²) in [5, 5.41) is 14.3. The molecule has 0 amide bonds. The maximum absolute atomic E-state index is 9.88. The lowest BCUT2D eigenvalue weighted by Crippen LogP contribution is -2.01. The van der Waals surface area contributed by atoms with Crippen molar-refractivity contribution >= 4 is 40.5 Å². The quantitative estimate of drug-likeness (QED) is 0.830. The molecule has 0 unspecified atom stereocenters. The van der Waals surface area contributed by atoms with E-state index in [1.54, 1.807) is 37.4 Å². The molecule has 0 radical (unpaired) electrons. The van der Waals surface area contributed by atoms with Gasteiger partial charge in [-0.05, 0) is 24.3 Å². The fourth-order valence-electron chi connectivity index (χ4n) is 1.71. The lowest BCUT2D eigenvalue weighted by molar-refractivity contribution is 0.406. The molecule has 0 saturated carbocycles. The standard InChI is InChI=1S/C14H12Cl3NO2/c1-20-10-3-2-8(13(19)6-10)7-18-14-11(16)4-9(15)5-12(14)17/h2-6,18-19H,7H2,1H3. The van der Waals surface area contributed by atoms with Crippen molar-refractivity contribution in [2.24, 2.45) is 0 Å². The van der Waals surface area contributed by atoms with Crippen molar-refractivity contribution in [3.05, 3.63) is 51.0 Å². The van der Waals surface area contributed by atoms with Crippen molar-refractivity contribution in [2.75, 3.05) is 12.4 Å². The van der Waals surface area contributed by atoms with Crippen LogP contribution < -0.4 is 10.1 Å². The molecule has 0 aliphatic heterocycles. The number of anilines is 1. The van der Waals surface area contributed by atoms with Crippen LogP contribution in [0.25, 0.3) is 0 Å². The molecule has 6 heteroatoms. The van der Waals surface area contributed by atoms with Crippen LogP contribution in [-0.4, -0.2) is 12.2 Å². The first-order valence-corrected chi connectivity index (χ1v) is 6.89. The fourth-order valence-corrected chi connectivity index (χ4v) is 2.67. The second-order valence-corrected chi connectivity index (χ2v) is 5.34. The highest BCUT2D eigenvalue weighted by Crippen LogP contribution is 2.34. The number of hydrogen-bond acceptors (Lipinski definition) is 3. The Labute approximate surface area is 132 Å². The minimum atomic E-state index is 0.137. The molecule has 2 N–H and O–H groups in total. The zero-order chi connectivity index (χ0) is 14.7. The van der Waals surface area contributed by atoms with Crippen molar-refractivity contribution in [3.8, 4) is 11.5 Å². The Bertz CT molecular complexity index is 609. The van der Waals surface area contributed by atoms with Crippen LogP contribution >= 0.6 is 34.8 Å². The highest BCUT2D eigenvalue weighted by molar-refractivity contribution is 6.41. The number of benzene rings is 2. The third-order valence-corrected chi connectivity index (χ3v) is 3.57. The van der Waals surface area contributed by atoms with E-state index >= 15 is 0 Å². The van der Waals surface area contributed by atoms with Gasteiger partial charge in [0.15, 0.2) is 0 Å². The van der Waals surface area contributed by atoms with E-state index in [0.717, 1.165) is 0 Å². The van der Waals surface area contributed by atoms with Crippen molar-refractivity contribution < 1.29 is 9.84 Å². The SMILES string of the molecule is COc1ccc(CNc2c(Cl)cc(Cl)cc2Cl)c(O)c1. The summed E-state index contributed by atoms with van der Waals surface area (Å²) in [5.41, 5.74) is 1.28. The highest BCUT2D eigenvalue weighted by atomic mass is 35.5. The van der Waals surface area contributed by atoms with Gasteiger partial charge in [-0.15, -0.1) is 0 Å². The normalized spacial score (nSPS) is 10.4. The van der Waals surface area contributed by atoms with E-state index in [1.807, 2.05) is 0 Å². The van der Waals surface area contributed by atoms with Crippen LogP contribution in [0.5, 0.6) is 11.5 Å². The summed E-state index contributed by atoms with van der Waals surface area (Å²) in [7, 11) is 1.54. The van der Waals surface area contributed by atoms with Crippen molar-refractivity contribution in [3.63, 3.8) is 0 Å². The summed E-state index contributed by atoms with van der Waals surface area (Å²) < 4.78 is 5.03. The lowest BCUT2D eigenvalue weighted by Gasteiger charge is -2.12. The van der Waals surface area contributed by atoms with Crippen molar-refractivity contribution in [2.45, 2.75) is 6.54 Å². The van der Waals surface area contributed by atoms with Crippen LogP contribution in [0.4, 0.5) is 5.69 Å². The molecule has 2 rings (SSSR count). The van der Waals surface area contributed by atoms with Crippen LogP contribution in [0.15, 0.2) is 30.3 Å². The number of phenolic OH excluding ortho intramolecular Hbond substituents is 1. The summed E-state index contributed by atoms with van der Waals surface area (Å²) >= 11 is 18.0. The minimum absolute atomic E-state index is 0.137. The van der Waals surface area contributed by atoms with Crippen LogP contribution in [-0.2, 0) is 6.54 Å². The van der Waals surface area contributed by atoms with E-state index in [4.69, 9.17) is 39.5 Å². The molecule has 0 atom stereocenters. The van der Waals surface area contributed by atoms with Crippen LogP contribution in [0.2, 0.25) is 15.1 Å². The lowest BCUT2D eigenvalue weighted by atomic mass is 10.2. The number of methoxy groups -OCH3 is 1. The molecule has 2 aromatic carbocycles. The largest absolute Gasteiger partial charge is 0.507 e. The Morgan fingerprint density at radius 1 is 1.10 bits per heavy atom. The van der Waals surface area contributed by atoms with Crippen LogP contribution in [0.3, 0.4) is 0 Å². The summed E-state index contributed by atoms with van der Waals surface area (Å²) in [5.74, 6) is 0.729. The molecule has 2 aromatic rings. The van der Waals surface area contributed by atoms with Gasteiger partial charge < -0.3 is 15.2 Å². The van der Waals surface area contributed by atoms with Gasteiger partial charge in [-0.1, -0.05) is 34.8 Å². The summed E-state index contributed by atoms with van der Waals surface area (Å²) in [6.45, 7) is 0.372. The zero-order valence-corrected chi connectivity index (χ0v) is 12.9. The van der Waals surface area contributed by atoms with E-state index in [9.17, 15) is 5.11 Å². The van der Waals surface area contributed by atoms with Gasteiger partial charge in [0.25, 0.3) is 0 Å². The maximum atomic E-state index is 9.88. The fraction of sp³-hybridized carbons (Fsp3) is 0.143.